The van der Waals surface area contributed by atoms with E-state index in [0.29, 0.717) is 23.9 Å². The van der Waals surface area contributed by atoms with Gasteiger partial charge in [-0.1, -0.05) is 0 Å². The minimum Gasteiger partial charge on any atom is -0.467 e. The Morgan fingerprint density at radius 1 is 1.22 bits per heavy atom. The molecule has 23 heavy (non-hydrogen) atoms. The molecule has 0 aliphatic rings. The van der Waals surface area contributed by atoms with Crippen LogP contribution in [-0.4, -0.2) is 27.0 Å². The van der Waals surface area contributed by atoms with Crippen LogP contribution in [0.1, 0.15) is 21.1 Å². The Bertz CT molecular complexity index is 814. The molecule has 0 amide bonds. The van der Waals surface area contributed by atoms with Gasteiger partial charge in [0.1, 0.15) is 17.8 Å². The van der Waals surface area contributed by atoms with Gasteiger partial charge < -0.3 is 14.5 Å². The third-order valence-electron chi connectivity index (χ3n) is 3.36. The van der Waals surface area contributed by atoms with E-state index in [-0.39, 0.29) is 6.01 Å². The van der Waals surface area contributed by atoms with E-state index in [9.17, 15) is 0 Å². The molecule has 3 aromatic heterocycles. The summed E-state index contributed by atoms with van der Waals surface area (Å²) in [5, 5.41) is 4.38. The fourth-order valence-electron chi connectivity index (χ4n) is 2.21. The van der Waals surface area contributed by atoms with Crippen LogP contribution in [0.15, 0.2) is 16.9 Å². The Labute approximate surface area is 137 Å². The predicted octanol–water partition coefficient (Wildman–Crippen LogP) is 3.13. The highest BCUT2D eigenvalue weighted by Gasteiger charge is 2.16. The van der Waals surface area contributed by atoms with E-state index in [1.807, 2.05) is 20.8 Å². The molecule has 7 nitrogen and oxygen atoms in total. The smallest absolute Gasteiger partial charge is 0.318 e. The van der Waals surface area contributed by atoms with Gasteiger partial charge in [0.15, 0.2) is 0 Å². The number of nitrogens with one attached hydrogen (secondary N) is 1. The zero-order valence-corrected chi connectivity index (χ0v) is 14.2. The molecular formula is C15H17N5O2S. The van der Waals surface area contributed by atoms with Crippen molar-refractivity contribution in [1.29, 1.82) is 0 Å². The Kier molecular flexibility index (Phi) is 4.24. The van der Waals surface area contributed by atoms with Crippen molar-refractivity contribution in [3.8, 4) is 17.6 Å². The number of rotatable bonds is 5. The van der Waals surface area contributed by atoms with Crippen LogP contribution in [0.4, 0.5) is 5.82 Å². The molecule has 0 aromatic carbocycles. The first-order valence-electron chi connectivity index (χ1n) is 7.07. The van der Waals surface area contributed by atoms with E-state index in [1.54, 1.807) is 17.5 Å². The van der Waals surface area contributed by atoms with Crippen LogP contribution >= 0.6 is 11.3 Å². The minimum atomic E-state index is 0.267. The standard InChI is InChI=1S/C15H17N5O2S/c1-8-12(14-16-5-6-22-14)19-15(21-4)20-13(8)17-7-11-9(2)18-10(3)23-11/h5-6H,7H2,1-4H3,(H,17,19,20). The fourth-order valence-corrected chi connectivity index (χ4v) is 3.09. The molecule has 0 aliphatic heterocycles. The summed E-state index contributed by atoms with van der Waals surface area (Å²) < 4.78 is 10.5. The Morgan fingerprint density at radius 2 is 2.04 bits per heavy atom. The molecule has 8 heteroatoms. The molecule has 0 spiro atoms. The van der Waals surface area contributed by atoms with Crippen molar-refractivity contribution >= 4 is 17.2 Å². The molecule has 0 fully saturated rings. The number of hydrogen-bond acceptors (Lipinski definition) is 8. The summed E-state index contributed by atoms with van der Waals surface area (Å²) in [4.78, 5) is 18.5. The van der Waals surface area contributed by atoms with Crippen LogP contribution in [0.3, 0.4) is 0 Å². The van der Waals surface area contributed by atoms with Crippen LogP contribution in [0.2, 0.25) is 0 Å². The molecular weight excluding hydrogens is 314 g/mol. The van der Waals surface area contributed by atoms with Crippen LogP contribution in [-0.2, 0) is 6.54 Å². The largest absolute Gasteiger partial charge is 0.467 e. The molecule has 0 aliphatic carbocycles. The van der Waals surface area contributed by atoms with Gasteiger partial charge in [0, 0.05) is 10.4 Å². The van der Waals surface area contributed by atoms with Crippen molar-refractivity contribution in [3.63, 3.8) is 0 Å². The molecule has 0 radical (unpaired) electrons. The van der Waals surface area contributed by atoms with E-state index in [0.717, 1.165) is 16.3 Å². The van der Waals surface area contributed by atoms with Gasteiger partial charge in [0.25, 0.3) is 0 Å². The fraction of sp³-hybridized carbons (Fsp3) is 0.333. The van der Waals surface area contributed by atoms with Crippen molar-refractivity contribution < 1.29 is 9.15 Å². The summed E-state index contributed by atoms with van der Waals surface area (Å²) in [5.74, 6) is 1.13. The van der Waals surface area contributed by atoms with Crippen molar-refractivity contribution in [2.45, 2.75) is 27.3 Å². The van der Waals surface area contributed by atoms with E-state index in [1.165, 1.54) is 18.3 Å². The molecule has 0 atom stereocenters. The Morgan fingerprint density at radius 3 is 2.65 bits per heavy atom. The highest BCUT2D eigenvalue weighted by molar-refractivity contribution is 7.11. The number of aryl methyl sites for hydroxylation is 2. The second-order valence-electron chi connectivity index (χ2n) is 4.96. The third-order valence-corrected chi connectivity index (χ3v) is 4.43. The molecule has 0 saturated heterocycles. The lowest BCUT2D eigenvalue weighted by Crippen LogP contribution is -2.07. The van der Waals surface area contributed by atoms with Crippen molar-refractivity contribution in [1.82, 2.24) is 19.9 Å². The first-order valence-corrected chi connectivity index (χ1v) is 7.89. The summed E-state index contributed by atoms with van der Waals surface area (Å²) in [6.07, 6.45) is 3.10. The van der Waals surface area contributed by atoms with E-state index >= 15 is 0 Å². The summed E-state index contributed by atoms with van der Waals surface area (Å²) >= 11 is 1.67. The van der Waals surface area contributed by atoms with Gasteiger partial charge in [0.05, 0.1) is 30.6 Å². The van der Waals surface area contributed by atoms with Gasteiger partial charge in [-0.15, -0.1) is 11.3 Å². The first kappa shape index (κ1) is 15.4. The summed E-state index contributed by atoms with van der Waals surface area (Å²) in [7, 11) is 1.53. The number of ether oxygens (including phenoxy) is 1. The number of anilines is 1. The summed E-state index contributed by atoms with van der Waals surface area (Å²) in [6, 6.07) is 0.267. The van der Waals surface area contributed by atoms with E-state index in [4.69, 9.17) is 9.15 Å². The molecule has 0 unspecified atom stereocenters. The van der Waals surface area contributed by atoms with Gasteiger partial charge in [-0.2, -0.15) is 9.97 Å². The average Bonchev–Trinajstić information content (AvgIpc) is 3.16. The van der Waals surface area contributed by atoms with E-state index in [2.05, 4.69) is 25.3 Å². The van der Waals surface area contributed by atoms with Crippen LogP contribution in [0, 0.1) is 20.8 Å². The highest BCUT2D eigenvalue weighted by atomic mass is 32.1. The number of oxazole rings is 1. The molecule has 0 bridgehead atoms. The Balaban J connectivity index is 1.92. The highest BCUT2D eigenvalue weighted by Crippen LogP contribution is 2.27. The number of thiazole rings is 1. The maximum atomic E-state index is 5.35. The zero-order chi connectivity index (χ0) is 16.4. The lowest BCUT2D eigenvalue weighted by atomic mass is 10.2. The lowest BCUT2D eigenvalue weighted by molar-refractivity contribution is 0.380. The predicted molar refractivity (Wildman–Crippen MR) is 87.7 cm³/mol. The monoisotopic (exact) mass is 331 g/mol. The maximum absolute atomic E-state index is 5.35. The summed E-state index contributed by atoms with van der Waals surface area (Å²) in [5.41, 5.74) is 2.50. The summed E-state index contributed by atoms with van der Waals surface area (Å²) in [6.45, 7) is 6.57. The van der Waals surface area contributed by atoms with Crippen molar-refractivity contribution in [2.24, 2.45) is 0 Å². The van der Waals surface area contributed by atoms with Gasteiger partial charge in [-0.05, 0) is 20.8 Å². The van der Waals surface area contributed by atoms with Gasteiger partial charge in [-0.3, -0.25) is 0 Å². The Hall–Kier alpha value is -2.48. The zero-order valence-electron chi connectivity index (χ0n) is 13.4. The average molecular weight is 331 g/mol. The number of methoxy groups -OCH3 is 1. The van der Waals surface area contributed by atoms with Gasteiger partial charge in [-0.25, -0.2) is 9.97 Å². The van der Waals surface area contributed by atoms with E-state index < -0.39 is 0 Å². The molecule has 3 aromatic rings. The van der Waals surface area contributed by atoms with Crippen LogP contribution in [0.25, 0.3) is 11.6 Å². The SMILES string of the molecule is COc1nc(NCc2sc(C)nc2C)c(C)c(-c2ncco2)n1. The molecule has 120 valence electrons. The number of hydrogen-bond donors (Lipinski definition) is 1. The molecule has 3 heterocycles. The molecule has 0 saturated carbocycles. The first-order chi connectivity index (χ1) is 11.1. The normalized spacial score (nSPS) is 10.8. The topological polar surface area (TPSA) is 86.0 Å². The second-order valence-corrected chi connectivity index (χ2v) is 6.25. The quantitative estimate of drug-likeness (QED) is 0.768. The van der Waals surface area contributed by atoms with Crippen LogP contribution < -0.4 is 10.1 Å². The maximum Gasteiger partial charge on any atom is 0.318 e. The number of nitrogens with zero attached hydrogens (tertiary/aromatic N) is 4. The van der Waals surface area contributed by atoms with Gasteiger partial charge in [0.2, 0.25) is 5.89 Å². The minimum absolute atomic E-state index is 0.267. The lowest BCUT2D eigenvalue weighted by Gasteiger charge is -2.11. The second kappa shape index (κ2) is 6.33. The van der Waals surface area contributed by atoms with Crippen molar-refractivity contribution in [3.05, 3.63) is 33.6 Å². The van der Waals surface area contributed by atoms with Gasteiger partial charge >= 0.3 is 6.01 Å². The molecule has 1 N–H and O–H groups in total. The van der Waals surface area contributed by atoms with Crippen molar-refractivity contribution in [2.75, 3.05) is 12.4 Å². The number of aromatic nitrogens is 4. The van der Waals surface area contributed by atoms with Crippen LogP contribution in [0.5, 0.6) is 6.01 Å². The molecule has 3 rings (SSSR count). The third kappa shape index (κ3) is 3.16.